The topological polar surface area (TPSA) is 63.3 Å². The van der Waals surface area contributed by atoms with Crippen LogP contribution in [-0.2, 0) is 11.3 Å². The number of methoxy groups -OCH3 is 2. The summed E-state index contributed by atoms with van der Waals surface area (Å²) in [5, 5.41) is 3.99. The highest BCUT2D eigenvalue weighted by atomic mass is 35.5. The first-order chi connectivity index (χ1) is 13.7. The Bertz CT molecular complexity index is 671. The molecule has 1 aliphatic rings. The van der Waals surface area contributed by atoms with Gasteiger partial charge >= 0.3 is 6.09 Å². The van der Waals surface area contributed by atoms with Gasteiger partial charge in [-0.2, -0.15) is 0 Å². The van der Waals surface area contributed by atoms with Gasteiger partial charge in [-0.25, -0.2) is 4.79 Å². The molecule has 7 nitrogen and oxygen atoms in total. The van der Waals surface area contributed by atoms with E-state index in [0.29, 0.717) is 36.2 Å². The number of piperazine rings is 1. The van der Waals surface area contributed by atoms with Crippen LogP contribution in [0.1, 0.15) is 32.8 Å². The van der Waals surface area contributed by atoms with Crippen molar-refractivity contribution in [3.05, 3.63) is 22.7 Å². The number of halogens is 1. The molecule has 1 aliphatic heterocycles. The third kappa shape index (κ3) is 7.57. The van der Waals surface area contributed by atoms with Crippen LogP contribution in [0, 0.1) is 0 Å². The zero-order valence-corrected chi connectivity index (χ0v) is 19.0. The van der Waals surface area contributed by atoms with Gasteiger partial charge in [0, 0.05) is 32.7 Å². The lowest BCUT2D eigenvalue weighted by Crippen LogP contribution is -2.50. The van der Waals surface area contributed by atoms with E-state index >= 15 is 0 Å². The number of carbonyl (C=O) groups excluding carboxylic acids is 1. The molecule has 1 amide bonds. The number of hydrogen-bond donors (Lipinski definition) is 1. The van der Waals surface area contributed by atoms with Gasteiger partial charge < -0.3 is 24.4 Å². The maximum atomic E-state index is 12.1. The van der Waals surface area contributed by atoms with E-state index in [-0.39, 0.29) is 6.09 Å². The third-order valence-electron chi connectivity index (χ3n) is 4.67. The Balaban J connectivity index is 1.66. The lowest BCUT2D eigenvalue weighted by molar-refractivity contribution is 0.0144. The van der Waals surface area contributed by atoms with Crippen LogP contribution in [0.4, 0.5) is 4.79 Å². The molecule has 164 valence electrons. The quantitative estimate of drug-likeness (QED) is 0.641. The second kappa shape index (κ2) is 10.9. The zero-order chi connectivity index (χ0) is 21.4. The molecule has 1 N–H and O–H groups in total. The summed E-state index contributed by atoms with van der Waals surface area (Å²) in [5.74, 6) is 1.20. The number of hydrogen-bond acceptors (Lipinski definition) is 6. The number of amides is 1. The van der Waals surface area contributed by atoms with Crippen molar-refractivity contribution >= 4 is 17.7 Å². The molecule has 8 heteroatoms. The van der Waals surface area contributed by atoms with Crippen LogP contribution in [0.25, 0.3) is 0 Å². The van der Waals surface area contributed by atoms with Gasteiger partial charge in [0.05, 0.1) is 19.2 Å². The van der Waals surface area contributed by atoms with E-state index < -0.39 is 5.60 Å². The van der Waals surface area contributed by atoms with E-state index in [4.69, 9.17) is 25.8 Å². The summed E-state index contributed by atoms with van der Waals surface area (Å²) < 4.78 is 16.0. The average Bonchev–Trinajstić information content (AvgIpc) is 2.66. The highest BCUT2D eigenvalue weighted by molar-refractivity contribution is 6.32. The molecule has 0 bridgehead atoms. The molecular formula is C21H34ClN3O4. The summed E-state index contributed by atoms with van der Waals surface area (Å²) in [6, 6.07) is 3.83. The number of benzene rings is 1. The largest absolute Gasteiger partial charge is 0.493 e. The van der Waals surface area contributed by atoms with E-state index in [0.717, 1.165) is 38.2 Å². The molecule has 1 fully saturated rings. The van der Waals surface area contributed by atoms with Crippen molar-refractivity contribution in [1.82, 2.24) is 15.1 Å². The highest BCUT2D eigenvalue weighted by Crippen LogP contribution is 2.35. The average molecular weight is 428 g/mol. The van der Waals surface area contributed by atoms with Gasteiger partial charge in [0.25, 0.3) is 0 Å². The van der Waals surface area contributed by atoms with Gasteiger partial charge in [0.15, 0.2) is 11.5 Å². The van der Waals surface area contributed by atoms with Crippen LogP contribution < -0.4 is 14.8 Å². The van der Waals surface area contributed by atoms with E-state index in [1.165, 1.54) is 0 Å². The van der Waals surface area contributed by atoms with Gasteiger partial charge in [-0.05, 0) is 58.0 Å². The van der Waals surface area contributed by atoms with Crippen LogP contribution in [0.3, 0.4) is 0 Å². The molecule has 1 heterocycles. The summed E-state index contributed by atoms with van der Waals surface area (Å²) in [4.78, 5) is 16.3. The van der Waals surface area contributed by atoms with Crippen LogP contribution in [0.5, 0.6) is 11.5 Å². The third-order valence-corrected chi connectivity index (χ3v) is 4.96. The fourth-order valence-electron chi connectivity index (χ4n) is 3.21. The minimum Gasteiger partial charge on any atom is -0.493 e. The summed E-state index contributed by atoms with van der Waals surface area (Å²) in [6.07, 6.45) is 0.820. The maximum absolute atomic E-state index is 12.1. The monoisotopic (exact) mass is 427 g/mol. The van der Waals surface area contributed by atoms with E-state index in [9.17, 15) is 4.79 Å². The number of ether oxygens (including phenoxy) is 3. The molecule has 1 aromatic rings. The molecule has 0 unspecified atom stereocenters. The second-order valence-corrected chi connectivity index (χ2v) is 8.56. The maximum Gasteiger partial charge on any atom is 0.410 e. The predicted molar refractivity (Wildman–Crippen MR) is 115 cm³/mol. The number of carbonyl (C=O) groups is 1. The minimum atomic E-state index is -0.446. The number of nitrogens with zero attached hydrogens (tertiary/aromatic N) is 2. The van der Waals surface area contributed by atoms with Gasteiger partial charge in [0.2, 0.25) is 0 Å². The van der Waals surface area contributed by atoms with Crippen molar-refractivity contribution in [2.75, 3.05) is 53.5 Å². The summed E-state index contributed by atoms with van der Waals surface area (Å²) >= 11 is 6.25. The molecule has 0 atom stereocenters. The summed E-state index contributed by atoms with van der Waals surface area (Å²) in [7, 11) is 3.18. The van der Waals surface area contributed by atoms with E-state index in [1.807, 2.05) is 32.9 Å². The Hall–Kier alpha value is -1.70. The number of nitrogens with one attached hydrogen (secondary N) is 1. The molecule has 0 aliphatic carbocycles. The molecule has 0 saturated carbocycles. The van der Waals surface area contributed by atoms with Crippen molar-refractivity contribution in [1.29, 1.82) is 0 Å². The SMILES string of the molecule is COc1cc(CNCCCN2CCN(C(=O)OC(C)(C)C)CC2)cc(Cl)c1OC. The summed E-state index contributed by atoms with van der Waals surface area (Å²) in [5.41, 5.74) is 0.608. The molecule has 0 radical (unpaired) electrons. The zero-order valence-electron chi connectivity index (χ0n) is 18.2. The molecule has 1 saturated heterocycles. The smallest absolute Gasteiger partial charge is 0.410 e. The number of rotatable bonds is 8. The molecule has 0 aromatic heterocycles. The summed E-state index contributed by atoms with van der Waals surface area (Å²) in [6.45, 7) is 11.5. The molecule has 0 spiro atoms. The second-order valence-electron chi connectivity index (χ2n) is 8.15. The molecule has 1 aromatic carbocycles. The van der Waals surface area contributed by atoms with Crippen molar-refractivity contribution in [3.8, 4) is 11.5 Å². The van der Waals surface area contributed by atoms with Crippen LogP contribution in [0.2, 0.25) is 5.02 Å². The fraction of sp³-hybridized carbons (Fsp3) is 0.667. The first-order valence-corrected chi connectivity index (χ1v) is 10.4. The first kappa shape index (κ1) is 23.6. The van der Waals surface area contributed by atoms with Crippen LogP contribution >= 0.6 is 11.6 Å². The predicted octanol–water partition coefficient (Wildman–Crippen LogP) is 3.39. The molecular weight excluding hydrogens is 394 g/mol. The lowest BCUT2D eigenvalue weighted by Gasteiger charge is -2.35. The van der Waals surface area contributed by atoms with Crippen molar-refractivity contribution in [3.63, 3.8) is 0 Å². The van der Waals surface area contributed by atoms with Crippen LogP contribution in [-0.4, -0.2) is 75.0 Å². The highest BCUT2D eigenvalue weighted by Gasteiger charge is 2.25. The normalized spacial score (nSPS) is 15.3. The van der Waals surface area contributed by atoms with E-state index in [1.54, 1.807) is 19.1 Å². The Labute approximate surface area is 179 Å². The van der Waals surface area contributed by atoms with Gasteiger partial charge in [-0.15, -0.1) is 0 Å². The minimum absolute atomic E-state index is 0.215. The van der Waals surface area contributed by atoms with Gasteiger partial charge in [-0.3, -0.25) is 4.90 Å². The Morgan fingerprint density at radius 2 is 1.83 bits per heavy atom. The van der Waals surface area contributed by atoms with Gasteiger partial charge in [-0.1, -0.05) is 11.6 Å². The Kier molecular flexibility index (Phi) is 8.86. The van der Waals surface area contributed by atoms with E-state index in [2.05, 4.69) is 10.2 Å². The fourth-order valence-corrected chi connectivity index (χ4v) is 3.52. The molecule has 2 rings (SSSR count). The lowest BCUT2D eigenvalue weighted by atomic mass is 10.2. The van der Waals surface area contributed by atoms with Gasteiger partial charge in [0.1, 0.15) is 5.60 Å². The first-order valence-electron chi connectivity index (χ1n) is 10.0. The van der Waals surface area contributed by atoms with Crippen molar-refractivity contribution in [2.24, 2.45) is 0 Å². The Morgan fingerprint density at radius 3 is 2.41 bits per heavy atom. The molecule has 29 heavy (non-hydrogen) atoms. The Morgan fingerprint density at radius 1 is 1.14 bits per heavy atom. The van der Waals surface area contributed by atoms with Crippen molar-refractivity contribution < 1.29 is 19.0 Å². The standard InChI is InChI=1S/C21H34ClN3O4/c1-21(2,3)29-20(26)25-11-9-24(10-12-25)8-6-7-23-15-16-13-17(22)19(28-5)18(14-16)27-4/h13-14,23H,6-12,15H2,1-5H3. The van der Waals surface area contributed by atoms with Crippen LogP contribution in [0.15, 0.2) is 12.1 Å². The van der Waals surface area contributed by atoms with Crippen molar-refractivity contribution in [2.45, 2.75) is 39.3 Å².